The summed E-state index contributed by atoms with van der Waals surface area (Å²) >= 11 is 0. The third-order valence-corrected chi connectivity index (χ3v) is 2.23. The second kappa shape index (κ2) is 5.59. The van der Waals surface area contributed by atoms with Gasteiger partial charge in [-0.1, -0.05) is 20.3 Å². The van der Waals surface area contributed by atoms with Crippen molar-refractivity contribution < 1.29 is 9.59 Å². The Morgan fingerprint density at radius 1 is 1.36 bits per heavy atom. The quantitative estimate of drug-likeness (QED) is 0.551. The predicted octanol–water partition coefficient (Wildman–Crippen LogP) is -0.650. The summed E-state index contributed by atoms with van der Waals surface area (Å²) in [6, 6.07) is -1.25. The highest BCUT2D eigenvalue weighted by Crippen LogP contribution is 2.07. The Morgan fingerprint density at radius 3 is 2.14 bits per heavy atom. The minimum absolute atomic E-state index is 0.0233. The molecular formula is C9H19N3O2. The molecule has 14 heavy (non-hydrogen) atoms. The third-order valence-electron chi connectivity index (χ3n) is 2.23. The lowest BCUT2D eigenvalue weighted by Crippen LogP contribution is -2.52. The molecule has 5 nitrogen and oxygen atoms in total. The lowest BCUT2D eigenvalue weighted by atomic mass is 9.98. The molecule has 3 atom stereocenters. The molecule has 0 unspecified atom stereocenters. The van der Waals surface area contributed by atoms with Gasteiger partial charge in [0.05, 0.1) is 6.04 Å². The molecular weight excluding hydrogens is 182 g/mol. The van der Waals surface area contributed by atoms with Gasteiger partial charge in [0.25, 0.3) is 0 Å². The molecule has 0 spiro atoms. The van der Waals surface area contributed by atoms with E-state index in [0.29, 0.717) is 0 Å². The van der Waals surface area contributed by atoms with Crippen LogP contribution in [-0.4, -0.2) is 23.9 Å². The van der Waals surface area contributed by atoms with Crippen LogP contribution >= 0.6 is 0 Å². The van der Waals surface area contributed by atoms with Gasteiger partial charge in [-0.05, 0) is 12.8 Å². The van der Waals surface area contributed by atoms with E-state index in [9.17, 15) is 9.59 Å². The first-order valence-electron chi connectivity index (χ1n) is 4.75. The third kappa shape index (κ3) is 3.74. The number of hydrogen-bond acceptors (Lipinski definition) is 3. The highest BCUT2D eigenvalue weighted by atomic mass is 16.2. The summed E-state index contributed by atoms with van der Waals surface area (Å²) in [5.74, 6) is -0.849. The van der Waals surface area contributed by atoms with Crippen molar-refractivity contribution in [3.05, 3.63) is 0 Å². The zero-order valence-corrected chi connectivity index (χ0v) is 8.91. The van der Waals surface area contributed by atoms with Crippen molar-refractivity contribution in [2.24, 2.45) is 17.4 Å². The monoisotopic (exact) mass is 201 g/mol. The molecule has 5 heteroatoms. The molecule has 0 aliphatic rings. The second-order valence-corrected chi connectivity index (χ2v) is 3.56. The SMILES string of the molecule is CC[C@H](C)[C@H](NC(=O)[C@@H](C)N)C(N)=O. The predicted molar refractivity (Wildman–Crippen MR) is 54.2 cm³/mol. The summed E-state index contributed by atoms with van der Waals surface area (Å²) in [5, 5.41) is 2.53. The van der Waals surface area contributed by atoms with Crippen molar-refractivity contribution in [2.45, 2.75) is 39.3 Å². The lowest BCUT2D eigenvalue weighted by Gasteiger charge is -2.21. The summed E-state index contributed by atoms with van der Waals surface area (Å²) < 4.78 is 0. The molecule has 0 aromatic rings. The van der Waals surface area contributed by atoms with Crippen molar-refractivity contribution in [1.29, 1.82) is 0 Å². The van der Waals surface area contributed by atoms with Crippen LogP contribution in [0.4, 0.5) is 0 Å². The van der Waals surface area contributed by atoms with Crippen LogP contribution < -0.4 is 16.8 Å². The largest absolute Gasteiger partial charge is 0.368 e. The zero-order chi connectivity index (χ0) is 11.3. The Kier molecular flexibility index (Phi) is 5.15. The van der Waals surface area contributed by atoms with E-state index in [2.05, 4.69) is 5.32 Å². The fourth-order valence-electron chi connectivity index (χ4n) is 1.01. The lowest BCUT2D eigenvalue weighted by molar-refractivity contribution is -0.129. The van der Waals surface area contributed by atoms with Crippen LogP contribution in [0.5, 0.6) is 0 Å². The van der Waals surface area contributed by atoms with Gasteiger partial charge in [-0.25, -0.2) is 0 Å². The maximum absolute atomic E-state index is 11.2. The van der Waals surface area contributed by atoms with E-state index in [-0.39, 0.29) is 11.8 Å². The van der Waals surface area contributed by atoms with Gasteiger partial charge in [-0.2, -0.15) is 0 Å². The highest BCUT2D eigenvalue weighted by molar-refractivity contribution is 5.88. The van der Waals surface area contributed by atoms with Crippen molar-refractivity contribution in [3.8, 4) is 0 Å². The Bertz CT molecular complexity index is 216. The summed E-state index contributed by atoms with van der Waals surface area (Å²) in [5.41, 5.74) is 10.5. The average molecular weight is 201 g/mol. The second-order valence-electron chi connectivity index (χ2n) is 3.56. The summed E-state index contributed by atoms with van der Waals surface area (Å²) in [4.78, 5) is 22.3. The van der Waals surface area contributed by atoms with Gasteiger partial charge >= 0.3 is 0 Å². The maximum Gasteiger partial charge on any atom is 0.240 e. The first-order valence-corrected chi connectivity index (χ1v) is 4.75. The van der Waals surface area contributed by atoms with Crippen LogP contribution in [0.15, 0.2) is 0 Å². The molecule has 0 bridgehead atoms. The molecule has 5 N–H and O–H groups in total. The van der Waals surface area contributed by atoms with E-state index in [4.69, 9.17) is 11.5 Å². The molecule has 0 aromatic carbocycles. The summed E-state index contributed by atoms with van der Waals surface area (Å²) in [6.07, 6.45) is 0.771. The van der Waals surface area contributed by atoms with Crippen LogP contribution in [0.2, 0.25) is 0 Å². The van der Waals surface area contributed by atoms with Crippen molar-refractivity contribution in [1.82, 2.24) is 5.32 Å². The number of amides is 2. The van der Waals surface area contributed by atoms with E-state index in [1.54, 1.807) is 6.92 Å². The fraction of sp³-hybridized carbons (Fsp3) is 0.778. The van der Waals surface area contributed by atoms with E-state index in [1.165, 1.54) is 0 Å². The summed E-state index contributed by atoms with van der Waals surface area (Å²) in [6.45, 7) is 5.35. The van der Waals surface area contributed by atoms with E-state index in [1.807, 2.05) is 13.8 Å². The van der Waals surface area contributed by atoms with Crippen LogP contribution in [0, 0.1) is 5.92 Å². The molecule has 2 amide bonds. The topological polar surface area (TPSA) is 98.2 Å². The molecule has 0 fully saturated rings. The van der Waals surface area contributed by atoms with Crippen molar-refractivity contribution in [2.75, 3.05) is 0 Å². The minimum atomic E-state index is -0.626. The standard InChI is InChI=1S/C9H19N3O2/c1-4-5(2)7(8(11)13)12-9(14)6(3)10/h5-7H,4,10H2,1-3H3,(H2,11,13)(H,12,14)/t5-,6+,7-/m0/s1. The van der Waals surface area contributed by atoms with Gasteiger partial charge in [-0.15, -0.1) is 0 Å². The Labute approximate surface area is 84.2 Å². The van der Waals surface area contributed by atoms with Gasteiger partial charge in [0.1, 0.15) is 6.04 Å². The number of carbonyl (C=O) groups excluding carboxylic acids is 2. The van der Waals surface area contributed by atoms with Gasteiger partial charge in [0.15, 0.2) is 0 Å². The first kappa shape index (κ1) is 12.9. The Hall–Kier alpha value is -1.10. The number of hydrogen-bond donors (Lipinski definition) is 3. The maximum atomic E-state index is 11.2. The smallest absolute Gasteiger partial charge is 0.240 e. The van der Waals surface area contributed by atoms with Crippen LogP contribution in [0.3, 0.4) is 0 Å². The van der Waals surface area contributed by atoms with Crippen LogP contribution in [0.1, 0.15) is 27.2 Å². The molecule has 0 aliphatic heterocycles. The van der Waals surface area contributed by atoms with Gasteiger partial charge in [0, 0.05) is 0 Å². The number of nitrogens with two attached hydrogens (primary N) is 2. The van der Waals surface area contributed by atoms with E-state index in [0.717, 1.165) is 6.42 Å². The number of rotatable bonds is 5. The molecule has 0 aromatic heterocycles. The normalized spacial score (nSPS) is 16.9. The molecule has 0 heterocycles. The molecule has 82 valence electrons. The number of carbonyl (C=O) groups is 2. The zero-order valence-electron chi connectivity index (χ0n) is 8.91. The van der Waals surface area contributed by atoms with E-state index >= 15 is 0 Å². The van der Waals surface area contributed by atoms with E-state index < -0.39 is 18.0 Å². The molecule has 0 rings (SSSR count). The number of nitrogens with one attached hydrogen (secondary N) is 1. The summed E-state index contributed by atoms with van der Waals surface area (Å²) in [7, 11) is 0. The molecule has 0 saturated heterocycles. The fourth-order valence-corrected chi connectivity index (χ4v) is 1.01. The Balaban J connectivity index is 4.38. The molecule has 0 aliphatic carbocycles. The van der Waals surface area contributed by atoms with Gasteiger partial charge in [0.2, 0.25) is 11.8 Å². The average Bonchev–Trinajstić information content (AvgIpc) is 2.11. The Morgan fingerprint density at radius 2 is 1.86 bits per heavy atom. The van der Waals surface area contributed by atoms with Crippen molar-refractivity contribution in [3.63, 3.8) is 0 Å². The van der Waals surface area contributed by atoms with Crippen LogP contribution in [-0.2, 0) is 9.59 Å². The van der Waals surface area contributed by atoms with Gasteiger partial charge < -0.3 is 16.8 Å². The van der Waals surface area contributed by atoms with Gasteiger partial charge in [-0.3, -0.25) is 9.59 Å². The first-order chi connectivity index (χ1) is 6.40. The molecule has 0 radical (unpaired) electrons. The highest BCUT2D eigenvalue weighted by Gasteiger charge is 2.24. The number of primary amides is 1. The minimum Gasteiger partial charge on any atom is -0.368 e. The van der Waals surface area contributed by atoms with Crippen LogP contribution in [0.25, 0.3) is 0 Å². The molecule has 0 saturated carbocycles. The van der Waals surface area contributed by atoms with Crippen molar-refractivity contribution >= 4 is 11.8 Å².